The highest BCUT2D eigenvalue weighted by Crippen LogP contribution is 2.18. The average Bonchev–Trinajstić information content (AvgIpc) is 2.87. The van der Waals surface area contributed by atoms with Crippen LogP contribution >= 0.6 is 0 Å². The van der Waals surface area contributed by atoms with Crippen LogP contribution < -0.4 is 10.6 Å². The van der Waals surface area contributed by atoms with Crippen LogP contribution in [0.1, 0.15) is 62.2 Å². The van der Waals surface area contributed by atoms with Crippen LogP contribution in [0.3, 0.4) is 0 Å². The molecule has 0 atom stereocenters. The lowest BCUT2D eigenvalue weighted by Crippen LogP contribution is -2.37. The van der Waals surface area contributed by atoms with E-state index < -0.39 is 9.84 Å². The number of carbonyl (C=O) groups is 1. The Hall–Kier alpha value is -1.40. The van der Waals surface area contributed by atoms with Gasteiger partial charge in [-0.2, -0.15) is 0 Å². The van der Waals surface area contributed by atoms with E-state index in [2.05, 4.69) is 10.6 Å². The van der Waals surface area contributed by atoms with Crippen molar-refractivity contribution in [2.24, 2.45) is 0 Å². The normalized spacial score (nSPS) is 16.4. The summed E-state index contributed by atoms with van der Waals surface area (Å²) in [6, 6.07) is 6.99. The zero-order valence-electron chi connectivity index (χ0n) is 15.1. The Morgan fingerprint density at radius 1 is 1.08 bits per heavy atom. The van der Waals surface area contributed by atoms with Crippen LogP contribution in [0.5, 0.6) is 0 Å². The Morgan fingerprint density at radius 3 is 2.44 bits per heavy atom. The third-order valence-corrected chi connectivity index (χ3v) is 6.61. The predicted octanol–water partition coefficient (Wildman–Crippen LogP) is 2.91. The summed E-state index contributed by atoms with van der Waals surface area (Å²) in [5.41, 5.74) is 0.241. The number of hydrogen-bond donors (Lipinski definition) is 2. The van der Waals surface area contributed by atoms with Crippen molar-refractivity contribution < 1.29 is 13.2 Å². The largest absolute Gasteiger partial charge is 0.351 e. The first-order valence-electron chi connectivity index (χ1n) is 9.38. The second kappa shape index (κ2) is 9.92. The van der Waals surface area contributed by atoms with Crippen molar-refractivity contribution in [3.8, 4) is 0 Å². The maximum Gasteiger partial charge on any atom is 0.252 e. The summed E-state index contributed by atoms with van der Waals surface area (Å²) in [4.78, 5) is 12.5. The number of hydrogen-bond acceptors (Lipinski definition) is 4. The number of carbonyl (C=O) groups excluding carboxylic acids is 1. The van der Waals surface area contributed by atoms with E-state index in [0.29, 0.717) is 25.6 Å². The summed E-state index contributed by atoms with van der Waals surface area (Å²) in [7, 11) is -3.41. The molecule has 2 rings (SSSR count). The number of rotatable bonds is 8. The van der Waals surface area contributed by atoms with Gasteiger partial charge in [0, 0.05) is 19.1 Å². The summed E-state index contributed by atoms with van der Waals surface area (Å²) in [6.07, 6.45) is 8.11. The van der Waals surface area contributed by atoms with Crippen molar-refractivity contribution in [3.05, 3.63) is 29.8 Å². The standard InChI is InChI=1S/C19H30N2O3S/c1-2-15-25(23,24)18-12-8-7-11-17(18)19(22)21-14-13-20-16-9-5-3-4-6-10-16/h7-8,11-12,16,20H,2-6,9-10,13-15H2,1H3,(H,21,22). The fourth-order valence-corrected chi connectivity index (χ4v) is 4.87. The fraction of sp³-hybridized carbons (Fsp3) is 0.632. The molecule has 6 heteroatoms. The molecule has 25 heavy (non-hydrogen) atoms. The highest BCUT2D eigenvalue weighted by atomic mass is 32.2. The molecule has 140 valence electrons. The van der Waals surface area contributed by atoms with Gasteiger partial charge in [-0.15, -0.1) is 0 Å². The number of nitrogens with one attached hydrogen (secondary N) is 2. The molecule has 0 spiro atoms. The van der Waals surface area contributed by atoms with Gasteiger partial charge in [0.1, 0.15) is 0 Å². The van der Waals surface area contributed by atoms with Crippen molar-refractivity contribution in [1.82, 2.24) is 10.6 Å². The molecule has 0 radical (unpaired) electrons. The molecule has 0 aromatic heterocycles. The van der Waals surface area contributed by atoms with Crippen molar-refractivity contribution in [1.29, 1.82) is 0 Å². The Bertz CT molecular complexity index is 650. The number of benzene rings is 1. The van der Waals surface area contributed by atoms with Crippen molar-refractivity contribution in [2.75, 3.05) is 18.8 Å². The first-order chi connectivity index (χ1) is 12.0. The minimum absolute atomic E-state index is 0.0561. The highest BCUT2D eigenvalue weighted by Gasteiger charge is 2.21. The van der Waals surface area contributed by atoms with Crippen LogP contribution in [0, 0.1) is 0 Å². The third-order valence-electron chi connectivity index (χ3n) is 4.64. The molecule has 2 N–H and O–H groups in total. The zero-order chi connectivity index (χ0) is 18.1. The Kier molecular flexibility index (Phi) is 7.90. The molecule has 0 bridgehead atoms. The van der Waals surface area contributed by atoms with E-state index in [1.165, 1.54) is 44.6 Å². The monoisotopic (exact) mass is 366 g/mol. The Morgan fingerprint density at radius 2 is 1.76 bits per heavy atom. The van der Waals surface area contributed by atoms with Crippen LogP contribution in [0.4, 0.5) is 0 Å². The maximum absolute atomic E-state index is 12.4. The topological polar surface area (TPSA) is 75.3 Å². The van der Waals surface area contributed by atoms with E-state index in [4.69, 9.17) is 0 Å². The predicted molar refractivity (Wildman–Crippen MR) is 101 cm³/mol. The average molecular weight is 367 g/mol. The molecule has 0 unspecified atom stereocenters. The van der Waals surface area contributed by atoms with Crippen LogP contribution in [0.25, 0.3) is 0 Å². The highest BCUT2D eigenvalue weighted by molar-refractivity contribution is 7.91. The van der Waals surface area contributed by atoms with Crippen LogP contribution in [-0.2, 0) is 9.84 Å². The summed E-state index contributed by atoms with van der Waals surface area (Å²) in [6.45, 7) is 3.02. The second-order valence-corrected chi connectivity index (χ2v) is 8.79. The molecule has 1 aromatic carbocycles. The first kappa shape index (κ1) is 19.9. The lowest BCUT2D eigenvalue weighted by atomic mass is 10.1. The van der Waals surface area contributed by atoms with E-state index in [9.17, 15) is 13.2 Å². The van der Waals surface area contributed by atoms with Crippen molar-refractivity contribution >= 4 is 15.7 Å². The molecule has 5 nitrogen and oxygen atoms in total. The van der Waals surface area contributed by atoms with E-state index in [0.717, 1.165) is 0 Å². The molecule has 1 fully saturated rings. The van der Waals surface area contributed by atoms with Gasteiger partial charge in [0.15, 0.2) is 9.84 Å². The molecule has 0 aliphatic heterocycles. The Labute approximate surface area is 151 Å². The second-order valence-electron chi connectivity index (χ2n) is 6.71. The summed E-state index contributed by atoms with van der Waals surface area (Å²) >= 11 is 0. The summed E-state index contributed by atoms with van der Waals surface area (Å²) in [5.74, 6) is -0.265. The fourth-order valence-electron chi connectivity index (χ4n) is 3.34. The van der Waals surface area contributed by atoms with Crippen molar-refractivity contribution in [2.45, 2.75) is 62.8 Å². The van der Waals surface area contributed by atoms with E-state index in [-0.39, 0.29) is 22.1 Å². The smallest absolute Gasteiger partial charge is 0.252 e. The van der Waals surface area contributed by atoms with Crippen LogP contribution in [-0.4, -0.2) is 39.2 Å². The summed E-state index contributed by atoms with van der Waals surface area (Å²) < 4.78 is 24.7. The number of sulfone groups is 1. The van der Waals surface area contributed by atoms with E-state index in [1.807, 2.05) is 6.92 Å². The minimum Gasteiger partial charge on any atom is -0.351 e. The molecule has 0 heterocycles. The van der Waals surface area contributed by atoms with Gasteiger partial charge in [-0.1, -0.05) is 44.7 Å². The zero-order valence-corrected chi connectivity index (χ0v) is 15.9. The third kappa shape index (κ3) is 6.12. The summed E-state index contributed by atoms with van der Waals surface area (Å²) in [5, 5.41) is 6.34. The SMILES string of the molecule is CCCS(=O)(=O)c1ccccc1C(=O)NCCNC1CCCCCC1. The van der Waals surface area contributed by atoms with Gasteiger partial charge in [-0.05, 0) is 31.4 Å². The lowest BCUT2D eigenvalue weighted by molar-refractivity contribution is 0.0950. The molecule has 1 saturated carbocycles. The van der Waals surface area contributed by atoms with Crippen LogP contribution in [0.15, 0.2) is 29.2 Å². The lowest BCUT2D eigenvalue weighted by Gasteiger charge is -2.16. The molecule has 1 amide bonds. The molecule has 1 aliphatic carbocycles. The van der Waals surface area contributed by atoms with E-state index in [1.54, 1.807) is 18.2 Å². The van der Waals surface area contributed by atoms with Gasteiger partial charge in [0.05, 0.1) is 16.2 Å². The quantitative estimate of drug-likeness (QED) is 0.548. The molecule has 1 aliphatic rings. The van der Waals surface area contributed by atoms with Gasteiger partial charge >= 0.3 is 0 Å². The Balaban J connectivity index is 1.88. The van der Waals surface area contributed by atoms with Crippen LogP contribution in [0.2, 0.25) is 0 Å². The van der Waals surface area contributed by atoms with Gasteiger partial charge in [-0.25, -0.2) is 8.42 Å². The van der Waals surface area contributed by atoms with Gasteiger partial charge in [-0.3, -0.25) is 4.79 Å². The van der Waals surface area contributed by atoms with E-state index >= 15 is 0 Å². The van der Waals surface area contributed by atoms with Gasteiger partial charge < -0.3 is 10.6 Å². The van der Waals surface area contributed by atoms with Gasteiger partial charge in [0.25, 0.3) is 5.91 Å². The maximum atomic E-state index is 12.4. The molecular weight excluding hydrogens is 336 g/mol. The first-order valence-corrected chi connectivity index (χ1v) is 11.0. The molecular formula is C19H30N2O3S. The number of amides is 1. The molecule has 0 saturated heterocycles. The van der Waals surface area contributed by atoms with Gasteiger partial charge in [0.2, 0.25) is 0 Å². The minimum atomic E-state index is -3.41. The van der Waals surface area contributed by atoms with Crippen molar-refractivity contribution in [3.63, 3.8) is 0 Å². The molecule has 1 aromatic rings.